The van der Waals surface area contributed by atoms with Crippen LogP contribution in [-0.2, 0) is 11.2 Å². The summed E-state index contributed by atoms with van der Waals surface area (Å²) in [7, 11) is 0. The number of hydrogen-bond donors (Lipinski definition) is 1. The largest absolute Gasteiger partial charge is 0.311 e. The van der Waals surface area contributed by atoms with Gasteiger partial charge in [-0.2, -0.15) is 5.10 Å². The van der Waals surface area contributed by atoms with Crippen LogP contribution in [0.5, 0.6) is 0 Å². The number of carbonyl (C=O) groups excluding carboxylic acids is 1. The summed E-state index contributed by atoms with van der Waals surface area (Å²) < 4.78 is 15.5. The molecule has 2 atom stereocenters. The third-order valence-electron chi connectivity index (χ3n) is 5.28. The van der Waals surface area contributed by atoms with Crippen molar-refractivity contribution in [3.63, 3.8) is 0 Å². The van der Waals surface area contributed by atoms with Gasteiger partial charge in [0.2, 0.25) is 5.91 Å². The standard InChI is InChI=1S/C20H18FN5O/c1-11(27)24-18-9-13(6-7-22-18)19-16-5-2-12-8-17(12)26(16)25-20(19)15-4-3-14(21)10-23-15/h3-4,6-7,9-10,12,17H,2,5,8H2,1H3,(H,22,24,27)/t12-,17+/m0/s1. The van der Waals surface area contributed by atoms with Crippen LogP contribution in [0.3, 0.4) is 0 Å². The Bertz CT molecular complexity index is 1040. The van der Waals surface area contributed by atoms with Gasteiger partial charge >= 0.3 is 0 Å². The van der Waals surface area contributed by atoms with E-state index in [-0.39, 0.29) is 11.7 Å². The van der Waals surface area contributed by atoms with Crippen LogP contribution in [0.25, 0.3) is 22.5 Å². The summed E-state index contributed by atoms with van der Waals surface area (Å²) in [5.74, 6) is 0.672. The molecule has 1 aliphatic heterocycles. The van der Waals surface area contributed by atoms with Gasteiger partial charge in [-0.25, -0.2) is 9.37 Å². The Labute approximate surface area is 155 Å². The zero-order valence-corrected chi connectivity index (χ0v) is 14.8. The number of rotatable bonds is 3. The Morgan fingerprint density at radius 1 is 1.30 bits per heavy atom. The molecule has 0 aromatic carbocycles. The minimum Gasteiger partial charge on any atom is -0.311 e. The van der Waals surface area contributed by atoms with Crippen molar-refractivity contribution in [2.75, 3.05) is 5.32 Å². The highest BCUT2D eigenvalue weighted by atomic mass is 19.1. The van der Waals surface area contributed by atoms with Crippen LogP contribution >= 0.6 is 0 Å². The number of hydrogen-bond acceptors (Lipinski definition) is 4. The van der Waals surface area contributed by atoms with E-state index in [9.17, 15) is 9.18 Å². The Hall–Kier alpha value is -3.09. The number of fused-ring (bicyclic) bond motifs is 3. The van der Waals surface area contributed by atoms with Crippen LogP contribution in [0.2, 0.25) is 0 Å². The van der Waals surface area contributed by atoms with Crippen molar-refractivity contribution in [2.45, 2.75) is 32.2 Å². The molecular weight excluding hydrogens is 345 g/mol. The zero-order valence-electron chi connectivity index (χ0n) is 14.8. The summed E-state index contributed by atoms with van der Waals surface area (Å²) >= 11 is 0. The second-order valence-electron chi connectivity index (χ2n) is 7.19. The molecule has 0 unspecified atom stereocenters. The fourth-order valence-electron chi connectivity index (χ4n) is 3.98. The quantitative estimate of drug-likeness (QED) is 0.771. The maximum atomic E-state index is 13.4. The first-order valence-electron chi connectivity index (χ1n) is 9.07. The highest BCUT2D eigenvalue weighted by Crippen LogP contribution is 2.52. The Balaban J connectivity index is 1.68. The van der Waals surface area contributed by atoms with Gasteiger partial charge in [-0.3, -0.25) is 14.5 Å². The number of amides is 1. The van der Waals surface area contributed by atoms with Crippen LogP contribution in [0.1, 0.15) is 31.5 Å². The molecule has 1 N–H and O–H groups in total. The van der Waals surface area contributed by atoms with Crippen molar-refractivity contribution in [1.29, 1.82) is 0 Å². The van der Waals surface area contributed by atoms with Crippen molar-refractivity contribution in [3.8, 4) is 22.5 Å². The van der Waals surface area contributed by atoms with E-state index in [2.05, 4.69) is 20.0 Å². The van der Waals surface area contributed by atoms with Crippen molar-refractivity contribution < 1.29 is 9.18 Å². The van der Waals surface area contributed by atoms with Gasteiger partial charge in [0.25, 0.3) is 0 Å². The topological polar surface area (TPSA) is 72.7 Å². The Morgan fingerprint density at radius 3 is 2.96 bits per heavy atom. The normalized spacial score (nSPS) is 19.9. The van der Waals surface area contributed by atoms with Gasteiger partial charge < -0.3 is 5.32 Å². The maximum absolute atomic E-state index is 13.4. The Morgan fingerprint density at radius 2 is 2.19 bits per heavy atom. The molecular formula is C20H18FN5O. The van der Waals surface area contributed by atoms with Gasteiger partial charge in [0, 0.05) is 24.4 Å². The van der Waals surface area contributed by atoms with E-state index in [1.165, 1.54) is 24.9 Å². The first kappa shape index (κ1) is 16.1. The summed E-state index contributed by atoms with van der Waals surface area (Å²) in [4.78, 5) is 19.9. The molecule has 1 fully saturated rings. The van der Waals surface area contributed by atoms with Crippen LogP contribution in [-0.4, -0.2) is 25.7 Å². The van der Waals surface area contributed by atoms with E-state index in [4.69, 9.17) is 5.10 Å². The molecule has 0 radical (unpaired) electrons. The van der Waals surface area contributed by atoms with Gasteiger partial charge in [-0.15, -0.1) is 0 Å². The van der Waals surface area contributed by atoms with Gasteiger partial charge in [0.05, 0.1) is 17.9 Å². The number of nitrogens with one attached hydrogen (secondary N) is 1. The predicted octanol–water partition coefficient (Wildman–Crippen LogP) is 3.61. The molecule has 1 saturated carbocycles. The lowest BCUT2D eigenvalue weighted by Gasteiger charge is -2.14. The molecule has 0 spiro atoms. The number of halogens is 1. The fourth-order valence-corrected chi connectivity index (χ4v) is 3.98. The SMILES string of the molecule is CC(=O)Nc1cc(-c2c(-c3ccc(F)cn3)nn3c2CC[C@H]2C[C@H]23)ccn1. The molecule has 0 saturated heterocycles. The van der Waals surface area contributed by atoms with Crippen molar-refractivity contribution in [2.24, 2.45) is 5.92 Å². The number of nitrogens with zero attached hydrogens (tertiary/aromatic N) is 4. The average molecular weight is 363 g/mol. The van der Waals surface area contributed by atoms with Crippen LogP contribution in [0.15, 0.2) is 36.7 Å². The molecule has 6 nitrogen and oxygen atoms in total. The molecule has 0 bridgehead atoms. The molecule has 27 heavy (non-hydrogen) atoms. The molecule has 1 amide bonds. The molecule has 1 aliphatic carbocycles. The number of aromatic nitrogens is 4. The second kappa shape index (κ2) is 5.97. The predicted molar refractivity (Wildman–Crippen MR) is 98.4 cm³/mol. The third kappa shape index (κ3) is 2.79. The summed E-state index contributed by atoms with van der Waals surface area (Å²) in [5, 5.41) is 7.59. The van der Waals surface area contributed by atoms with Crippen LogP contribution in [0.4, 0.5) is 10.2 Å². The third-order valence-corrected chi connectivity index (χ3v) is 5.28. The molecule has 7 heteroatoms. The van der Waals surface area contributed by atoms with Gasteiger partial charge in [0.1, 0.15) is 17.3 Å². The smallest absolute Gasteiger partial charge is 0.222 e. The Kier molecular flexibility index (Phi) is 3.56. The van der Waals surface area contributed by atoms with Gasteiger partial charge in [-0.05, 0) is 55.0 Å². The minimum absolute atomic E-state index is 0.169. The molecule has 4 heterocycles. The lowest BCUT2D eigenvalue weighted by atomic mass is 9.97. The monoisotopic (exact) mass is 363 g/mol. The van der Waals surface area contributed by atoms with E-state index < -0.39 is 0 Å². The van der Waals surface area contributed by atoms with E-state index >= 15 is 0 Å². The van der Waals surface area contributed by atoms with Crippen molar-refractivity contribution >= 4 is 11.7 Å². The lowest BCUT2D eigenvalue weighted by molar-refractivity contribution is -0.114. The number of pyridine rings is 2. The highest BCUT2D eigenvalue weighted by Gasteiger charge is 2.44. The van der Waals surface area contributed by atoms with E-state index in [1.807, 2.05) is 12.1 Å². The van der Waals surface area contributed by atoms with E-state index in [0.29, 0.717) is 23.5 Å². The molecule has 2 aliphatic rings. The summed E-state index contributed by atoms with van der Waals surface area (Å²) in [6.45, 7) is 1.46. The van der Waals surface area contributed by atoms with Crippen molar-refractivity contribution in [3.05, 3.63) is 48.2 Å². The first-order valence-corrected chi connectivity index (χ1v) is 9.07. The van der Waals surface area contributed by atoms with Crippen LogP contribution < -0.4 is 5.32 Å². The van der Waals surface area contributed by atoms with Gasteiger partial charge in [0.15, 0.2) is 0 Å². The highest BCUT2D eigenvalue weighted by molar-refractivity contribution is 5.89. The summed E-state index contributed by atoms with van der Waals surface area (Å²) in [6.07, 6.45) is 6.16. The molecule has 136 valence electrons. The zero-order chi connectivity index (χ0) is 18.5. The average Bonchev–Trinajstić information content (AvgIpc) is 3.34. The molecule has 3 aromatic heterocycles. The number of carbonyl (C=O) groups is 1. The van der Waals surface area contributed by atoms with E-state index in [0.717, 1.165) is 36.1 Å². The molecule has 3 aromatic rings. The fraction of sp³-hybridized carbons (Fsp3) is 0.300. The van der Waals surface area contributed by atoms with Crippen LogP contribution in [0, 0.1) is 11.7 Å². The minimum atomic E-state index is -0.372. The summed E-state index contributed by atoms with van der Waals surface area (Å²) in [5.41, 5.74) is 4.49. The maximum Gasteiger partial charge on any atom is 0.222 e. The van der Waals surface area contributed by atoms with E-state index in [1.54, 1.807) is 12.3 Å². The summed E-state index contributed by atoms with van der Waals surface area (Å²) in [6, 6.07) is 7.28. The lowest BCUT2D eigenvalue weighted by Crippen LogP contribution is -2.10. The second-order valence-corrected chi connectivity index (χ2v) is 7.19. The van der Waals surface area contributed by atoms with Crippen molar-refractivity contribution in [1.82, 2.24) is 19.7 Å². The number of anilines is 1. The molecule has 5 rings (SSSR count). The van der Waals surface area contributed by atoms with Gasteiger partial charge in [-0.1, -0.05) is 0 Å². The first-order chi connectivity index (χ1) is 13.1.